The van der Waals surface area contributed by atoms with Crippen LogP contribution >= 0.6 is 0 Å². The van der Waals surface area contributed by atoms with E-state index in [-0.39, 0.29) is 12.7 Å². The number of ether oxygens (including phenoxy) is 1. The van der Waals surface area contributed by atoms with Gasteiger partial charge in [-0.1, -0.05) is 0 Å². The van der Waals surface area contributed by atoms with Crippen molar-refractivity contribution in [2.75, 3.05) is 6.61 Å². The summed E-state index contributed by atoms with van der Waals surface area (Å²) in [6.45, 7) is 3.94. The molecule has 0 aromatic heterocycles. The first-order valence-electron chi connectivity index (χ1n) is 6.43. The van der Waals surface area contributed by atoms with Gasteiger partial charge in [0.25, 0.3) is 0 Å². The molecule has 0 saturated carbocycles. The number of hydrogen-bond donors (Lipinski definition) is 0. The molecule has 1 atom stereocenters. The van der Waals surface area contributed by atoms with Gasteiger partial charge >= 0.3 is 133 Å². The summed E-state index contributed by atoms with van der Waals surface area (Å²) >= 11 is -0.585. The van der Waals surface area contributed by atoms with Crippen molar-refractivity contribution >= 4 is 24.5 Å². The van der Waals surface area contributed by atoms with Crippen LogP contribution in [0.1, 0.15) is 18.4 Å². The van der Waals surface area contributed by atoms with Crippen LogP contribution in [0.25, 0.3) is 0 Å². The van der Waals surface area contributed by atoms with Gasteiger partial charge in [0.2, 0.25) is 0 Å². The fourth-order valence-electron chi connectivity index (χ4n) is 1.61. The second-order valence-corrected chi connectivity index (χ2v) is 7.46. The van der Waals surface area contributed by atoms with Gasteiger partial charge in [0.05, 0.1) is 0 Å². The van der Waals surface area contributed by atoms with E-state index < -0.39 is 32.7 Å². The molecule has 0 N–H and O–H groups in total. The first-order valence-corrected chi connectivity index (χ1v) is 9.24. The van der Waals surface area contributed by atoms with E-state index in [0.717, 1.165) is 33.1 Å². The van der Waals surface area contributed by atoms with Crippen molar-refractivity contribution in [1.29, 1.82) is 0 Å². The van der Waals surface area contributed by atoms with E-state index in [9.17, 15) is 13.2 Å². The molecule has 0 aliphatic carbocycles. The van der Waals surface area contributed by atoms with E-state index in [1.165, 1.54) is 0 Å². The van der Waals surface area contributed by atoms with Crippen molar-refractivity contribution in [2.24, 2.45) is 0 Å². The fraction of sp³-hybridized carbons (Fsp3) is 0.375. The van der Waals surface area contributed by atoms with Crippen molar-refractivity contribution in [2.45, 2.75) is 29.6 Å². The third-order valence-electron chi connectivity index (χ3n) is 2.71. The van der Waals surface area contributed by atoms with E-state index >= 15 is 0 Å². The average Bonchev–Trinajstić information content (AvgIpc) is 2.46. The topological polar surface area (TPSA) is 9.23 Å². The molecule has 5 heteroatoms. The molecule has 1 aromatic carbocycles. The molecular formula is C16H17F3OTe. The number of rotatable bonds is 8. The van der Waals surface area contributed by atoms with Gasteiger partial charge in [0.15, 0.2) is 0 Å². The molecule has 114 valence electrons. The third-order valence-corrected chi connectivity index (χ3v) is 5.98. The minimum absolute atomic E-state index is 0.0590. The molecule has 0 bridgehead atoms. The van der Waals surface area contributed by atoms with Gasteiger partial charge in [0, 0.05) is 0 Å². The van der Waals surface area contributed by atoms with Crippen molar-refractivity contribution in [3.8, 4) is 12.3 Å². The number of benzene rings is 1. The van der Waals surface area contributed by atoms with Gasteiger partial charge in [-0.2, -0.15) is 0 Å². The molecule has 0 spiro atoms. The molecule has 0 aliphatic rings. The van der Waals surface area contributed by atoms with Gasteiger partial charge in [0.1, 0.15) is 0 Å². The Morgan fingerprint density at radius 3 is 2.52 bits per heavy atom. The van der Waals surface area contributed by atoms with Crippen molar-refractivity contribution in [3.05, 3.63) is 42.5 Å². The van der Waals surface area contributed by atoms with Crippen LogP contribution < -0.4 is 3.61 Å². The predicted molar refractivity (Wildman–Crippen MR) is 79.6 cm³/mol. The summed E-state index contributed by atoms with van der Waals surface area (Å²) in [4.78, 5) is 0. The van der Waals surface area contributed by atoms with E-state index in [4.69, 9.17) is 11.2 Å². The first kappa shape index (κ1) is 18.1. The van der Waals surface area contributed by atoms with Gasteiger partial charge in [-0.25, -0.2) is 0 Å². The van der Waals surface area contributed by atoms with Crippen molar-refractivity contribution in [1.82, 2.24) is 0 Å². The number of hydrogen-bond acceptors (Lipinski definition) is 1. The van der Waals surface area contributed by atoms with Crippen LogP contribution in [0.3, 0.4) is 0 Å². The maximum absolute atomic E-state index is 12.5. The zero-order chi connectivity index (χ0) is 15.7. The first-order chi connectivity index (χ1) is 9.97. The molecule has 0 saturated heterocycles. The second kappa shape index (κ2) is 9.15. The van der Waals surface area contributed by atoms with Crippen LogP contribution in [0, 0.1) is 12.3 Å². The summed E-state index contributed by atoms with van der Waals surface area (Å²) in [5.41, 5.74) is -0.606. The molecule has 0 fully saturated rings. The molecule has 0 aliphatic heterocycles. The Balaban J connectivity index is 2.54. The van der Waals surface area contributed by atoms with Crippen LogP contribution in [0.15, 0.2) is 36.9 Å². The number of alkyl halides is 3. The van der Waals surface area contributed by atoms with Crippen LogP contribution in [-0.4, -0.2) is 33.6 Å². The minimum atomic E-state index is -4.28. The Bertz CT molecular complexity index is 474. The summed E-state index contributed by atoms with van der Waals surface area (Å²) in [5.74, 6) is 2.44. The molecule has 1 nitrogen and oxygen atoms in total. The molecule has 1 aromatic rings. The molecular weight excluding hydrogens is 393 g/mol. The van der Waals surface area contributed by atoms with Crippen molar-refractivity contribution in [3.63, 3.8) is 0 Å². The van der Waals surface area contributed by atoms with Gasteiger partial charge in [-0.05, 0) is 0 Å². The maximum atomic E-state index is 12.5. The molecule has 0 amide bonds. The third kappa shape index (κ3) is 7.05. The zero-order valence-electron chi connectivity index (χ0n) is 11.5. The van der Waals surface area contributed by atoms with Crippen LogP contribution in [0.2, 0.25) is 4.47 Å². The van der Waals surface area contributed by atoms with Gasteiger partial charge in [-0.15, -0.1) is 0 Å². The van der Waals surface area contributed by atoms with Gasteiger partial charge in [-0.3, -0.25) is 0 Å². The summed E-state index contributed by atoms with van der Waals surface area (Å²) in [5, 5.41) is 0. The Hall–Kier alpha value is -0.940. The predicted octanol–water partition coefficient (Wildman–Crippen LogP) is 3.44. The summed E-state index contributed by atoms with van der Waals surface area (Å²) < 4.78 is 44.8. The molecule has 0 radical (unpaired) electrons. The van der Waals surface area contributed by atoms with E-state index in [1.807, 2.05) is 6.08 Å². The van der Waals surface area contributed by atoms with Crippen molar-refractivity contribution < 1.29 is 17.9 Å². The van der Waals surface area contributed by atoms with Gasteiger partial charge < -0.3 is 0 Å². The van der Waals surface area contributed by atoms with Crippen LogP contribution in [0.5, 0.6) is 0 Å². The molecule has 1 unspecified atom stereocenters. The van der Waals surface area contributed by atoms with Crippen LogP contribution in [0.4, 0.5) is 13.2 Å². The zero-order valence-corrected chi connectivity index (χ0v) is 13.9. The number of halogens is 3. The Morgan fingerprint density at radius 2 is 2.00 bits per heavy atom. The standard InChI is InChI=1S/C16H17F3OTe/c1-3-5-6-14(20-11-4-2)12-21-15-9-7-13(8-10-15)16(17,18)19/h2-3,7-10,14H,1,5-6,11-12H2. The molecule has 1 rings (SSSR count). The summed E-state index contributed by atoms with van der Waals surface area (Å²) in [6, 6.07) is 5.41. The SMILES string of the molecule is C#CCOC(CCC=C)C[Te]c1ccc(C(F)(F)F)cc1. The van der Waals surface area contributed by atoms with Crippen LogP contribution in [-0.2, 0) is 10.9 Å². The molecule has 0 heterocycles. The van der Waals surface area contributed by atoms with E-state index in [2.05, 4.69) is 12.5 Å². The normalized spacial score (nSPS) is 12.7. The van der Waals surface area contributed by atoms with E-state index in [1.54, 1.807) is 12.1 Å². The second-order valence-electron chi connectivity index (χ2n) is 4.34. The Labute approximate surface area is 133 Å². The Kier molecular flexibility index (Phi) is 7.89. The fourth-order valence-corrected chi connectivity index (χ4v) is 4.38. The summed E-state index contributed by atoms with van der Waals surface area (Å²) in [6.07, 6.45) is 4.47. The average molecular weight is 410 g/mol. The number of terminal acetylenes is 1. The Morgan fingerprint density at radius 1 is 1.33 bits per heavy atom. The quantitative estimate of drug-likeness (QED) is 0.363. The number of allylic oxidation sites excluding steroid dienone is 1. The summed E-state index contributed by atoms with van der Waals surface area (Å²) in [7, 11) is 0. The molecule has 21 heavy (non-hydrogen) atoms. The monoisotopic (exact) mass is 412 g/mol. The van der Waals surface area contributed by atoms with E-state index in [0.29, 0.717) is 0 Å².